The average Bonchev–Trinajstić information content (AvgIpc) is 1.88. The Morgan fingerprint density at radius 2 is 1.91 bits per heavy atom. The van der Waals surface area contributed by atoms with Gasteiger partial charge in [-0.05, 0) is 6.92 Å². The highest BCUT2D eigenvalue weighted by Gasteiger charge is 2.25. The number of hydrogen-bond donors (Lipinski definition) is 0. The van der Waals surface area contributed by atoms with Crippen LogP contribution in [-0.2, 0) is 4.79 Å². The highest BCUT2D eigenvalue weighted by molar-refractivity contribution is 5.69. The van der Waals surface area contributed by atoms with E-state index in [1.54, 1.807) is 0 Å². The summed E-state index contributed by atoms with van der Waals surface area (Å²) in [6.07, 6.45) is 0.628. The van der Waals surface area contributed by atoms with Crippen molar-refractivity contribution < 1.29 is 14.4 Å². The maximum Gasteiger partial charge on any atom is 0.128 e. The molecule has 0 aromatic carbocycles. The van der Waals surface area contributed by atoms with Crippen molar-refractivity contribution >= 4 is 5.97 Å². The quantitative estimate of drug-likeness (QED) is 0.524. The summed E-state index contributed by atoms with van der Waals surface area (Å²) >= 11 is 0. The van der Waals surface area contributed by atoms with Gasteiger partial charge in [0, 0.05) is 6.42 Å². The van der Waals surface area contributed by atoms with Crippen LogP contribution in [0.15, 0.2) is 0 Å². The SMILES string of the molecule is CCC(C(=O)[O-])[N+](C)(C)CC. The number of carboxylic acids is 1. The predicted molar refractivity (Wildman–Crippen MR) is 41.7 cm³/mol. The maximum absolute atomic E-state index is 10.6. The minimum absolute atomic E-state index is 0.375. The first-order valence-corrected chi connectivity index (χ1v) is 3.99. The van der Waals surface area contributed by atoms with Crippen molar-refractivity contribution in [2.75, 3.05) is 20.6 Å². The molecule has 0 spiro atoms. The molecule has 1 unspecified atom stereocenters. The van der Waals surface area contributed by atoms with Crippen LogP contribution in [0.5, 0.6) is 0 Å². The smallest absolute Gasteiger partial charge is 0.128 e. The van der Waals surface area contributed by atoms with Crippen LogP contribution in [0.25, 0.3) is 0 Å². The Bertz CT molecular complexity index is 143. The summed E-state index contributed by atoms with van der Waals surface area (Å²) < 4.78 is 0.499. The van der Waals surface area contributed by atoms with Gasteiger partial charge in [0.05, 0.1) is 26.6 Å². The van der Waals surface area contributed by atoms with Gasteiger partial charge in [-0.2, -0.15) is 0 Å². The van der Waals surface area contributed by atoms with E-state index in [9.17, 15) is 9.90 Å². The molecule has 0 aliphatic carbocycles. The van der Waals surface area contributed by atoms with Gasteiger partial charge in [-0.3, -0.25) is 0 Å². The van der Waals surface area contributed by atoms with Crippen LogP contribution in [0, 0.1) is 0 Å². The van der Waals surface area contributed by atoms with Crippen LogP contribution in [-0.4, -0.2) is 37.1 Å². The lowest BCUT2D eigenvalue weighted by Gasteiger charge is -2.37. The first-order valence-electron chi connectivity index (χ1n) is 3.99. The molecule has 0 saturated heterocycles. The molecule has 0 fully saturated rings. The molecule has 3 nitrogen and oxygen atoms in total. The summed E-state index contributed by atoms with van der Waals surface area (Å²) in [7, 11) is 3.81. The molecule has 11 heavy (non-hydrogen) atoms. The number of rotatable bonds is 4. The zero-order chi connectivity index (χ0) is 9.07. The fourth-order valence-corrected chi connectivity index (χ4v) is 1.17. The lowest BCUT2D eigenvalue weighted by atomic mass is 10.1. The van der Waals surface area contributed by atoms with Crippen LogP contribution in [0.3, 0.4) is 0 Å². The fraction of sp³-hybridized carbons (Fsp3) is 0.875. The molecule has 0 aliphatic heterocycles. The van der Waals surface area contributed by atoms with Gasteiger partial charge in [0.1, 0.15) is 6.04 Å². The molecule has 66 valence electrons. The standard InChI is InChI=1S/C8H17NO2/c1-5-7(8(10)11)9(3,4)6-2/h7H,5-6H2,1-4H3. The molecular formula is C8H17NO2. The van der Waals surface area contributed by atoms with Gasteiger partial charge in [-0.25, -0.2) is 0 Å². The van der Waals surface area contributed by atoms with E-state index in [2.05, 4.69) is 0 Å². The number of aliphatic carboxylic acids is 1. The van der Waals surface area contributed by atoms with Crippen LogP contribution < -0.4 is 5.11 Å². The lowest BCUT2D eigenvalue weighted by molar-refractivity contribution is -0.907. The van der Waals surface area contributed by atoms with E-state index in [0.717, 1.165) is 6.54 Å². The molecule has 0 N–H and O–H groups in total. The second-order valence-corrected chi connectivity index (χ2v) is 3.34. The van der Waals surface area contributed by atoms with Crippen molar-refractivity contribution in [2.24, 2.45) is 0 Å². The predicted octanol–water partition coefficient (Wildman–Crippen LogP) is -0.389. The second-order valence-electron chi connectivity index (χ2n) is 3.34. The van der Waals surface area contributed by atoms with Gasteiger partial charge in [0.15, 0.2) is 0 Å². The minimum Gasteiger partial charge on any atom is -0.544 e. The largest absolute Gasteiger partial charge is 0.544 e. The van der Waals surface area contributed by atoms with Crippen LogP contribution >= 0.6 is 0 Å². The van der Waals surface area contributed by atoms with Crippen molar-refractivity contribution in [3.63, 3.8) is 0 Å². The van der Waals surface area contributed by atoms with E-state index in [4.69, 9.17) is 0 Å². The van der Waals surface area contributed by atoms with Gasteiger partial charge < -0.3 is 14.4 Å². The molecule has 0 aliphatic rings. The summed E-state index contributed by atoms with van der Waals surface area (Å²) in [6.45, 7) is 4.66. The zero-order valence-corrected chi connectivity index (χ0v) is 7.76. The number of nitrogens with zero attached hydrogens (tertiary/aromatic N) is 1. The summed E-state index contributed by atoms with van der Waals surface area (Å²) in [4.78, 5) is 10.6. The van der Waals surface area contributed by atoms with Crippen molar-refractivity contribution in [3.05, 3.63) is 0 Å². The number of carboxylic acid groups (broad SMARTS) is 1. The Morgan fingerprint density at radius 3 is 2.00 bits per heavy atom. The van der Waals surface area contributed by atoms with Crippen molar-refractivity contribution in [2.45, 2.75) is 26.3 Å². The van der Waals surface area contributed by atoms with Gasteiger partial charge >= 0.3 is 0 Å². The zero-order valence-electron chi connectivity index (χ0n) is 7.76. The average molecular weight is 159 g/mol. The molecule has 0 aromatic rings. The Morgan fingerprint density at radius 1 is 1.45 bits per heavy atom. The molecule has 0 rings (SSSR count). The second kappa shape index (κ2) is 3.72. The molecule has 3 heteroatoms. The van der Waals surface area contributed by atoms with Gasteiger partial charge in [-0.15, -0.1) is 0 Å². The van der Waals surface area contributed by atoms with Crippen molar-refractivity contribution in [1.82, 2.24) is 0 Å². The van der Waals surface area contributed by atoms with Crippen molar-refractivity contribution in [3.8, 4) is 0 Å². The number of carbonyl (C=O) groups excluding carboxylic acids is 1. The van der Waals surface area contributed by atoms with E-state index >= 15 is 0 Å². The Labute approximate surface area is 68.2 Å². The third-order valence-corrected chi connectivity index (χ3v) is 2.32. The molecule has 0 aromatic heterocycles. The number of likely N-dealkylation sites (N-methyl/N-ethyl adjacent to an activating group) is 1. The number of carbonyl (C=O) groups is 1. The van der Waals surface area contributed by atoms with E-state index in [1.165, 1.54) is 0 Å². The van der Waals surface area contributed by atoms with Crippen LogP contribution in [0.1, 0.15) is 20.3 Å². The summed E-state index contributed by atoms with van der Waals surface area (Å²) in [6, 6.07) is -0.375. The summed E-state index contributed by atoms with van der Waals surface area (Å²) in [5.41, 5.74) is 0. The van der Waals surface area contributed by atoms with Gasteiger partial charge in [0.25, 0.3) is 0 Å². The molecule has 0 saturated carbocycles. The molecule has 0 heterocycles. The Balaban J connectivity index is 4.36. The van der Waals surface area contributed by atoms with E-state index in [-0.39, 0.29) is 6.04 Å². The first-order chi connectivity index (χ1) is 4.95. The topological polar surface area (TPSA) is 40.1 Å². The molecule has 0 bridgehead atoms. The third kappa shape index (κ3) is 2.50. The normalized spacial score (nSPS) is 14.5. The fourth-order valence-electron chi connectivity index (χ4n) is 1.17. The number of quaternary nitrogens is 1. The number of hydrogen-bond acceptors (Lipinski definition) is 2. The van der Waals surface area contributed by atoms with E-state index in [1.807, 2.05) is 27.9 Å². The highest BCUT2D eigenvalue weighted by Crippen LogP contribution is 2.08. The molecule has 0 radical (unpaired) electrons. The van der Waals surface area contributed by atoms with E-state index < -0.39 is 5.97 Å². The molecular weight excluding hydrogens is 142 g/mol. The van der Waals surface area contributed by atoms with Gasteiger partial charge in [-0.1, -0.05) is 6.92 Å². The monoisotopic (exact) mass is 159 g/mol. The third-order valence-electron chi connectivity index (χ3n) is 2.32. The molecule has 0 amide bonds. The summed E-state index contributed by atoms with van der Waals surface area (Å²) in [5, 5.41) is 10.6. The molecule has 1 atom stereocenters. The van der Waals surface area contributed by atoms with Crippen molar-refractivity contribution in [1.29, 1.82) is 0 Å². The van der Waals surface area contributed by atoms with E-state index in [0.29, 0.717) is 10.9 Å². The van der Waals surface area contributed by atoms with Crippen LogP contribution in [0.2, 0.25) is 0 Å². The maximum atomic E-state index is 10.6. The Kier molecular flexibility index (Phi) is 3.52. The Hall–Kier alpha value is -0.570. The highest BCUT2D eigenvalue weighted by atomic mass is 16.4. The first kappa shape index (κ1) is 10.4. The lowest BCUT2D eigenvalue weighted by Crippen LogP contribution is -2.56. The minimum atomic E-state index is -0.945. The van der Waals surface area contributed by atoms with Gasteiger partial charge in [0.2, 0.25) is 0 Å². The summed E-state index contributed by atoms with van der Waals surface area (Å²) in [5.74, 6) is -0.945. The van der Waals surface area contributed by atoms with Crippen LogP contribution in [0.4, 0.5) is 0 Å².